The zero-order valence-electron chi connectivity index (χ0n) is 61.1. The Balaban J connectivity index is 0.927. The van der Waals surface area contributed by atoms with Crippen molar-refractivity contribution in [1.82, 2.24) is 21.3 Å². The molecule has 4 amide bonds. The number of carboxylic acids is 5. The number of aliphatic hydroxyl groups is 20. The smallest absolute Gasteiger partial charge is 0.335 e. The summed E-state index contributed by atoms with van der Waals surface area (Å²) in [6, 6.07) is -8.37. The van der Waals surface area contributed by atoms with Gasteiger partial charge in [-0.15, -0.1) is 0 Å². The van der Waals surface area contributed by atoms with Crippen molar-refractivity contribution in [2.24, 2.45) is 0 Å². The van der Waals surface area contributed by atoms with E-state index >= 15 is 0 Å². The molecule has 0 radical (unpaired) electrons. The largest absolute Gasteiger partial charge is 0.479 e. The number of carbonyl (C=O) groups is 9. The van der Waals surface area contributed by atoms with Crippen molar-refractivity contribution >= 4 is 53.5 Å². The molecule has 29 N–H and O–H groups in total. The average molecular weight is 1710 g/mol. The fourth-order valence-corrected chi connectivity index (χ4v) is 14.4. The number of hydrogen-bond acceptors (Lipinski definition) is 46. The summed E-state index contributed by atoms with van der Waals surface area (Å²) in [6.07, 6.45) is -97.0. The van der Waals surface area contributed by atoms with Crippen molar-refractivity contribution in [3.05, 3.63) is 0 Å². The number of carbonyl (C=O) groups excluding carboxylic acids is 4. The molecule has 9 rings (SSSR count). The fourth-order valence-electron chi connectivity index (χ4n) is 14.4. The maximum Gasteiger partial charge on any atom is 0.335 e. The molecule has 9 heterocycles. The molecule has 117 heavy (non-hydrogen) atoms. The van der Waals surface area contributed by atoms with Crippen molar-refractivity contribution in [3.8, 4) is 0 Å². The van der Waals surface area contributed by atoms with E-state index in [1.54, 1.807) is 0 Å². The normalized spacial score (nSPS) is 47.1. The second-order valence-electron chi connectivity index (χ2n) is 28.3. The van der Waals surface area contributed by atoms with Crippen molar-refractivity contribution < 1.29 is 251 Å². The summed E-state index contributed by atoms with van der Waals surface area (Å²) < 4.78 is 95.9. The molecule has 0 aromatic heterocycles. The van der Waals surface area contributed by atoms with E-state index in [4.69, 9.17) is 80.5 Å². The molecule has 55 heteroatoms. The van der Waals surface area contributed by atoms with Crippen LogP contribution in [0.4, 0.5) is 0 Å². The van der Waals surface area contributed by atoms with Gasteiger partial charge in [-0.3, -0.25) is 19.2 Å². The van der Waals surface area contributed by atoms with Crippen LogP contribution in [0.2, 0.25) is 0 Å². The van der Waals surface area contributed by atoms with Crippen LogP contribution in [0.5, 0.6) is 0 Å². The van der Waals surface area contributed by atoms with E-state index in [0.29, 0.717) is 0 Å². The van der Waals surface area contributed by atoms with Crippen LogP contribution in [0.25, 0.3) is 0 Å². The van der Waals surface area contributed by atoms with Gasteiger partial charge in [-0.1, -0.05) is 0 Å². The first-order valence-electron chi connectivity index (χ1n) is 35.6. The highest BCUT2D eigenvalue weighted by Gasteiger charge is 2.63. The first-order chi connectivity index (χ1) is 54.9. The van der Waals surface area contributed by atoms with Crippen molar-refractivity contribution in [2.75, 3.05) is 26.4 Å². The second-order valence-corrected chi connectivity index (χ2v) is 28.3. The van der Waals surface area contributed by atoms with Gasteiger partial charge in [-0.05, 0) is 0 Å². The third-order valence-electron chi connectivity index (χ3n) is 20.2. The first kappa shape index (κ1) is 94.6. The molecule has 668 valence electrons. The quantitative estimate of drug-likeness (QED) is 0.0331. The Labute approximate surface area is 654 Å². The van der Waals surface area contributed by atoms with E-state index in [1.165, 1.54) is 0 Å². The van der Waals surface area contributed by atoms with E-state index in [9.17, 15) is 171 Å². The Morgan fingerprint density at radius 2 is 0.427 bits per heavy atom. The second kappa shape index (κ2) is 39.7. The third kappa shape index (κ3) is 20.4. The zero-order chi connectivity index (χ0) is 86.9. The average Bonchev–Trinajstić information content (AvgIpc) is 0.765. The van der Waals surface area contributed by atoms with Gasteiger partial charge in [0.05, 0.1) is 26.4 Å². The van der Waals surface area contributed by atoms with Gasteiger partial charge >= 0.3 is 29.8 Å². The molecule has 1 unspecified atom stereocenters. The molecule has 0 aromatic carbocycles. The molecule has 45 atom stereocenters. The molecule has 9 aliphatic heterocycles. The summed E-state index contributed by atoms with van der Waals surface area (Å²) in [6.45, 7) is -1.57. The molecule has 0 saturated carbocycles. The highest BCUT2D eigenvalue weighted by atomic mass is 16.8. The molecular weight excluding hydrogens is 1620 g/mol. The van der Waals surface area contributed by atoms with Crippen LogP contribution < -0.4 is 21.3 Å². The topological polar surface area (TPSA) is 864 Å². The van der Waals surface area contributed by atoms with E-state index in [-0.39, 0.29) is 0 Å². The molecule has 9 fully saturated rings. The predicted octanol–water partition coefficient (Wildman–Crippen LogP) is -19.6. The summed E-state index contributed by atoms with van der Waals surface area (Å²) in [5.74, 6) is -14.4. The van der Waals surface area contributed by atoms with Crippen LogP contribution in [0.15, 0.2) is 0 Å². The van der Waals surface area contributed by atoms with Gasteiger partial charge in [0.2, 0.25) is 23.6 Å². The molecular formula is C62H94N4O51. The molecule has 0 spiro atoms. The first-order valence-corrected chi connectivity index (χ1v) is 35.6. The van der Waals surface area contributed by atoms with E-state index in [1.807, 2.05) is 0 Å². The lowest BCUT2D eigenvalue weighted by atomic mass is 9.93. The van der Waals surface area contributed by atoms with Gasteiger partial charge in [0.25, 0.3) is 0 Å². The molecule has 0 bridgehead atoms. The summed E-state index contributed by atoms with van der Waals surface area (Å²) in [5, 5.41) is 282. The Kier molecular flexibility index (Phi) is 32.1. The number of amides is 4. The number of hydrogen-bond donors (Lipinski definition) is 29. The predicted molar refractivity (Wildman–Crippen MR) is 346 cm³/mol. The highest BCUT2D eigenvalue weighted by Crippen LogP contribution is 2.41. The van der Waals surface area contributed by atoms with E-state index in [2.05, 4.69) is 21.3 Å². The van der Waals surface area contributed by atoms with Gasteiger partial charge in [0.15, 0.2) is 87.1 Å². The van der Waals surface area contributed by atoms with Crippen LogP contribution in [0.1, 0.15) is 27.7 Å². The van der Waals surface area contributed by atoms with Crippen molar-refractivity contribution in [1.29, 1.82) is 0 Å². The lowest BCUT2D eigenvalue weighted by Gasteiger charge is -2.51. The number of aliphatic hydroxyl groups excluding tert-OH is 20. The Morgan fingerprint density at radius 1 is 0.231 bits per heavy atom. The molecule has 0 aromatic rings. The van der Waals surface area contributed by atoms with Crippen LogP contribution in [-0.2, 0) is 124 Å². The number of aliphatic carboxylic acids is 5. The summed E-state index contributed by atoms with van der Waals surface area (Å²) in [5.41, 5.74) is 0. The van der Waals surface area contributed by atoms with Gasteiger partial charge in [-0.2, -0.15) is 0 Å². The monoisotopic (exact) mass is 1710 g/mol. The Hall–Kier alpha value is -6.25. The number of nitrogens with one attached hydrogen (secondary N) is 4. The SMILES string of the molecule is CC(=O)N[C@H]1[C@H](O[C@H]2[C@H](O)[C@@H](O)[C@H](O[C@H]3[C@@H](O)[C@@H](CO)O[C@@H](O[C@H]4[C@H](O)[C@@H](O)[C@H](O[C@H]5[C@@H](O)[C@@H](CO)O[C@@H](O[C@H]6[C@H](O)[C@@H](O)[C@H](O[C@H]7[C@@H](O)[C@@H](CO)O[C@@H](O[C@H]8[C@H](O)[C@@H](O)C(O)O[C@@H]8C(=O)O)[C@@H]7NC(C)=O)O[C@@H]6C(=O)O)[C@@H]5NC(C)=O)O[C@@H]4C(=O)O)[C@@H]3NC(C)=O)O[C@@H]2C(=O)O)O[C@H](CO)[C@H](O)[C@@H]1O[C@@H]1O[C@H](C(=O)O)[C@@H](O)[C@H](O)[C@H]1O. The maximum absolute atomic E-state index is 13.3. The fraction of sp³-hybridized carbons (Fsp3) is 0.855. The summed E-state index contributed by atoms with van der Waals surface area (Å²) in [7, 11) is 0. The van der Waals surface area contributed by atoms with Gasteiger partial charge in [-0.25, -0.2) is 24.0 Å². The molecule has 9 aliphatic rings. The summed E-state index contributed by atoms with van der Waals surface area (Å²) in [4.78, 5) is 115. The van der Waals surface area contributed by atoms with Gasteiger partial charge in [0, 0.05) is 27.7 Å². The lowest BCUT2D eigenvalue weighted by molar-refractivity contribution is -0.381. The minimum Gasteiger partial charge on any atom is -0.479 e. The van der Waals surface area contributed by atoms with Crippen LogP contribution in [-0.4, -0.2) is 484 Å². The third-order valence-corrected chi connectivity index (χ3v) is 20.2. The maximum atomic E-state index is 13.3. The van der Waals surface area contributed by atoms with Crippen molar-refractivity contribution in [3.63, 3.8) is 0 Å². The standard InChI is InChI=1S/C62H94N4O51/c1-9(71)63-17-36(106-59-32(86)25(79)26(80)44(114-59)49(90)91)21(75)13(5-67)102-56(17)111-41-28(82)34(88)61(116-46(41)51(94)95)108-38-19(65-11(3)73)58(104-15(7-69)23(38)77)113-43-30(84)35(89)62(117-48(43)53(98)99)109-39-20(66-12(4)74)57(103-16(8-70)24(39)78)112-42-29(83)33(87)60(115-47(42)52(96)97)107-37-18(64-10(2)72)55(101-14(6-68)22(37)76)110-40-27(81)31(85)54(100)105-45(40)50(92)93/h13-48,54-62,67-70,75-89,100H,5-8H2,1-4H3,(H,63,71)(H,64,72)(H,65,73)(H,66,74)(H,90,91)(H,92,93)(H,94,95)(H,96,97)(H,98,99)/t13-,14-,15-,16-,17-,18-,19-,20-,21+,22+,23+,24+,25+,26+,27-,28-,29-,30-,31-,32-,33-,34-,35-,36-,37-,38-,39-,40+,41+,42+,43+,44+,45+,46+,47+,48+,54?,55+,56+,57+,58+,59-,60-,61-,62-/m1/s1. The minimum absolute atomic E-state index is 0.813. The summed E-state index contributed by atoms with van der Waals surface area (Å²) >= 11 is 0. The minimum atomic E-state index is -2.71. The Morgan fingerprint density at radius 3 is 0.641 bits per heavy atom. The molecule has 55 nitrogen and oxygen atoms in total. The lowest BCUT2D eigenvalue weighted by Crippen LogP contribution is -2.72. The number of ether oxygens (including phenoxy) is 17. The zero-order valence-corrected chi connectivity index (χ0v) is 61.1. The van der Waals surface area contributed by atoms with Crippen molar-refractivity contribution in [2.45, 2.75) is 304 Å². The van der Waals surface area contributed by atoms with Crippen LogP contribution in [0, 0.1) is 0 Å². The molecule has 0 aliphatic carbocycles. The van der Waals surface area contributed by atoms with E-state index < -0.39 is 356 Å². The number of rotatable bonds is 29. The van der Waals surface area contributed by atoms with E-state index in [0.717, 1.165) is 27.7 Å². The van der Waals surface area contributed by atoms with Gasteiger partial charge in [0.1, 0.15) is 189 Å². The van der Waals surface area contributed by atoms with Crippen LogP contribution in [0.3, 0.4) is 0 Å². The van der Waals surface area contributed by atoms with Gasteiger partial charge < -0.3 is 229 Å². The van der Waals surface area contributed by atoms with Crippen LogP contribution >= 0.6 is 0 Å². The highest BCUT2D eigenvalue weighted by molar-refractivity contribution is 5.77. The number of carboxylic acid groups (broad SMARTS) is 5. The molecule has 9 saturated heterocycles. The Bertz CT molecular complexity index is 3410.